The van der Waals surface area contributed by atoms with Gasteiger partial charge >= 0.3 is 0 Å². The Bertz CT molecular complexity index is 780. The number of amides is 2. The topological polar surface area (TPSA) is 67.4 Å². The minimum Gasteiger partial charge on any atom is -0.494 e. The minimum absolute atomic E-state index is 0.0710. The Hall–Kier alpha value is -2.89. The first kappa shape index (κ1) is 17.9. The quantitative estimate of drug-likeness (QED) is 0.749. The maximum absolute atomic E-state index is 13.3. The van der Waals surface area contributed by atoms with Gasteiger partial charge in [-0.3, -0.25) is 9.59 Å². The van der Waals surface area contributed by atoms with Crippen LogP contribution in [0.4, 0.5) is 10.1 Å². The Morgan fingerprint density at radius 3 is 2.81 bits per heavy atom. The van der Waals surface area contributed by atoms with Gasteiger partial charge in [-0.2, -0.15) is 0 Å². The van der Waals surface area contributed by atoms with Gasteiger partial charge in [0.2, 0.25) is 11.8 Å². The summed E-state index contributed by atoms with van der Waals surface area (Å²) in [6.45, 7) is 1.08. The molecule has 0 spiro atoms. The number of unbranched alkanes of at least 4 members (excludes halogenated alkanes) is 1. The molecular weight excluding hydrogens is 335 g/mol. The molecule has 136 valence electrons. The smallest absolute Gasteiger partial charge is 0.228 e. The summed E-state index contributed by atoms with van der Waals surface area (Å²) in [6, 6.07) is 13.7. The van der Waals surface area contributed by atoms with E-state index >= 15 is 0 Å². The van der Waals surface area contributed by atoms with Crippen LogP contribution in [0.15, 0.2) is 48.5 Å². The van der Waals surface area contributed by atoms with Crippen molar-refractivity contribution < 1.29 is 18.7 Å². The Labute approximate surface area is 151 Å². The van der Waals surface area contributed by atoms with Crippen molar-refractivity contribution >= 4 is 17.5 Å². The number of halogens is 1. The summed E-state index contributed by atoms with van der Waals surface area (Å²) in [5.74, 6) is -0.687. The number of benzene rings is 2. The van der Waals surface area contributed by atoms with E-state index in [1.54, 1.807) is 6.07 Å². The van der Waals surface area contributed by atoms with E-state index in [1.165, 1.54) is 12.1 Å². The van der Waals surface area contributed by atoms with E-state index in [1.807, 2.05) is 30.3 Å². The molecule has 1 aliphatic heterocycles. The Balaban J connectivity index is 1.44. The third-order valence-corrected chi connectivity index (χ3v) is 4.25. The fraction of sp³-hybridized carbons (Fsp3) is 0.300. The Kier molecular flexibility index (Phi) is 5.84. The molecule has 0 saturated heterocycles. The average molecular weight is 356 g/mol. The van der Waals surface area contributed by atoms with Gasteiger partial charge in [-0.05, 0) is 42.7 Å². The van der Waals surface area contributed by atoms with Crippen LogP contribution in [-0.2, 0) is 9.59 Å². The van der Waals surface area contributed by atoms with Gasteiger partial charge in [0.05, 0.1) is 12.5 Å². The molecule has 0 saturated carbocycles. The van der Waals surface area contributed by atoms with Gasteiger partial charge < -0.3 is 15.4 Å². The molecule has 2 amide bonds. The second-order valence-corrected chi connectivity index (χ2v) is 6.20. The highest BCUT2D eigenvalue weighted by Gasteiger charge is 2.30. The Morgan fingerprint density at radius 1 is 1.19 bits per heavy atom. The number of para-hydroxylation sites is 1. The van der Waals surface area contributed by atoms with Crippen molar-refractivity contribution in [2.75, 3.05) is 18.5 Å². The number of hydrogen-bond acceptors (Lipinski definition) is 3. The zero-order chi connectivity index (χ0) is 18.4. The second-order valence-electron chi connectivity index (χ2n) is 6.20. The summed E-state index contributed by atoms with van der Waals surface area (Å²) < 4.78 is 18.9. The van der Waals surface area contributed by atoms with Gasteiger partial charge in [-0.15, -0.1) is 0 Å². The number of ether oxygens (including phenoxy) is 1. The lowest BCUT2D eigenvalue weighted by Crippen LogP contribution is -2.35. The molecule has 1 aliphatic rings. The number of fused-ring (bicyclic) bond motifs is 1. The number of rotatable bonds is 7. The first-order valence-electron chi connectivity index (χ1n) is 8.68. The molecule has 26 heavy (non-hydrogen) atoms. The van der Waals surface area contributed by atoms with Crippen molar-refractivity contribution in [3.63, 3.8) is 0 Å². The predicted octanol–water partition coefficient (Wildman–Crippen LogP) is 3.23. The molecule has 6 heteroatoms. The standard InChI is InChI=1S/C20H21FN2O3/c21-14-8-9-16-17(13-19(24)23-18(16)12-14)20(25)22-10-4-5-11-26-15-6-2-1-3-7-15/h1-3,6-9,12,17H,4-5,10-11,13H2,(H,22,25)(H,23,24)/t17-/m0/s1. The van der Waals surface area contributed by atoms with Crippen LogP contribution in [0.5, 0.6) is 5.75 Å². The molecule has 0 fully saturated rings. The minimum atomic E-state index is -0.583. The lowest BCUT2D eigenvalue weighted by atomic mass is 9.89. The maximum atomic E-state index is 13.3. The first-order chi connectivity index (χ1) is 12.6. The zero-order valence-corrected chi connectivity index (χ0v) is 14.3. The van der Waals surface area contributed by atoms with Crippen LogP contribution in [0.25, 0.3) is 0 Å². The van der Waals surface area contributed by atoms with E-state index in [-0.39, 0.29) is 18.2 Å². The number of anilines is 1. The molecule has 2 aromatic rings. The predicted molar refractivity (Wildman–Crippen MR) is 96.6 cm³/mol. The fourth-order valence-corrected chi connectivity index (χ4v) is 2.94. The molecule has 0 unspecified atom stereocenters. The highest BCUT2D eigenvalue weighted by Crippen LogP contribution is 2.32. The molecule has 1 atom stereocenters. The summed E-state index contributed by atoms with van der Waals surface area (Å²) in [5, 5.41) is 5.47. The average Bonchev–Trinajstić information content (AvgIpc) is 2.64. The number of carbonyl (C=O) groups is 2. The van der Waals surface area contributed by atoms with E-state index in [9.17, 15) is 14.0 Å². The molecule has 2 N–H and O–H groups in total. The van der Waals surface area contributed by atoms with Crippen LogP contribution < -0.4 is 15.4 Å². The molecule has 3 rings (SSSR count). The maximum Gasteiger partial charge on any atom is 0.228 e. The summed E-state index contributed by atoms with van der Waals surface area (Å²) in [5.41, 5.74) is 1.02. The molecule has 1 heterocycles. The van der Waals surface area contributed by atoms with Gasteiger partial charge in [0.25, 0.3) is 0 Å². The van der Waals surface area contributed by atoms with E-state index in [4.69, 9.17) is 4.74 Å². The molecule has 0 radical (unpaired) electrons. The van der Waals surface area contributed by atoms with E-state index in [2.05, 4.69) is 10.6 Å². The first-order valence-corrected chi connectivity index (χ1v) is 8.68. The normalized spacial score (nSPS) is 15.7. The summed E-state index contributed by atoms with van der Waals surface area (Å²) in [7, 11) is 0. The number of nitrogens with one attached hydrogen (secondary N) is 2. The summed E-state index contributed by atoms with van der Waals surface area (Å²) in [4.78, 5) is 24.2. The van der Waals surface area contributed by atoms with Gasteiger partial charge in [0.15, 0.2) is 0 Å². The van der Waals surface area contributed by atoms with Crippen LogP contribution in [0.2, 0.25) is 0 Å². The van der Waals surface area contributed by atoms with Crippen molar-refractivity contribution in [3.8, 4) is 5.75 Å². The Morgan fingerprint density at radius 2 is 2.00 bits per heavy atom. The van der Waals surface area contributed by atoms with Gasteiger partial charge in [-0.25, -0.2) is 4.39 Å². The van der Waals surface area contributed by atoms with Crippen molar-refractivity contribution in [1.82, 2.24) is 5.32 Å². The summed E-state index contributed by atoms with van der Waals surface area (Å²) >= 11 is 0. The monoisotopic (exact) mass is 356 g/mol. The molecule has 2 aromatic carbocycles. The fourth-order valence-electron chi connectivity index (χ4n) is 2.94. The van der Waals surface area contributed by atoms with Crippen LogP contribution in [0.3, 0.4) is 0 Å². The number of carbonyl (C=O) groups excluding carboxylic acids is 2. The van der Waals surface area contributed by atoms with Gasteiger partial charge in [0.1, 0.15) is 11.6 Å². The third kappa shape index (κ3) is 4.59. The lowest BCUT2D eigenvalue weighted by molar-refractivity contribution is -0.126. The zero-order valence-electron chi connectivity index (χ0n) is 14.3. The van der Waals surface area contributed by atoms with Crippen LogP contribution in [0, 0.1) is 5.82 Å². The van der Waals surface area contributed by atoms with Crippen molar-refractivity contribution in [1.29, 1.82) is 0 Å². The molecular formula is C20H21FN2O3. The van der Waals surface area contributed by atoms with Crippen LogP contribution >= 0.6 is 0 Å². The molecule has 0 bridgehead atoms. The van der Waals surface area contributed by atoms with Crippen molar-refractivity contribution in [2.45, 2.75) is 25.2 Å². The van der Waals surface area contributed by atoms with Crippen LogP contribution in [-0.4, -0.2) is 25.0 Å². The highest BCUT2D eigenvalue weighted by molar-refractivity contribution is 6.01. The van der Waals surface area contributed by atoms with Crippen molar-refractivity contribution in [3.05, 3.63) is 59.9 Å². The third-order valence-electron chi connectivity index (χ3n) is 4.25. The van der Waals surface area contributed by atoms with E-state index in [0.29, 0.717) is 24.4 Å². The molecule has 0 aliphatic carbocycles. The van der Waals surface area contributed by atoms with Gasteiger partial charge in [-0.1, -0.05) is 24.3 Å². The van der Waals surface area contributed by atoms with Gasteiger partial charge in [0, 0.05) is 18.7 Å². The molecule has 5 nitrogen and oxygen atoms in total. The van der Waals surface area contributed by atoms with E-state index in [0.717, 1.165) is 18.6 Å². The summed E-state index contributed by atoms with van der Waals surface area (Å²) in [6.07, 6.45) is 1.65. The largest absolute Gasteiger partial charge is 0.494 e. The lowest BCUT2D eigenvalue weighted by Gasteiger charge is -2.24. The second kappa shape index (κ2) is 8.47. The SMILES string of the molecule is O=C1C[C@H](C(=O)NCCCCOc2ccccc2)c2ccc(F)cc2N1. The van der Waals surface area contributed by atoms with E-state index < -0.39 is 11.7 Å². The highest BCUT2D eigenvalue weighted by atomic mass is 19.1. The van der Waals surface area contributed by atoms with Crippen molar-refractivity contribution in [2.24, 2.45) is 0 Å². The number of hydrogen-bond donors (Lipinski definition) is 2. The van der Waals surface area contributed by atoms with Crippen LogP contribution in [0.1, 0.15) is 30.7 Å². The molecule has 0 aromatic heterocycles.